The quantitative estimate of drug-likeness (QED) is 0.285. The second-order valence-corrected chi connectivity index (χ2v) is 12.0. The first kappa shape index (κ1) is 28.4. The van der Waals surface area contributed by atoms with E-state index in [1.807, 2.05) is 23.1 Å². The van der Waals surface area contributed by atoms with E-state index in [0.717, 1.165) is 5.56 Å². The van der Waals surface area contributed by atoms with E-state index in [2.05, 4.69) is 20.3 Å². The Kier molecular flexibility index (Phi) is 8.11. The van der Waals surface area contributed by atoms with Gasteiger partial charge in [-0.1, -0.05) is 6.07 Å². The first-order chi connectivity index (χ1) is 20.9. The minimum absolute atomic E-state index is 0.0213. The van der Waals surface area contributed by atoms with Crippen LogP contribution in [0.3, 0.4) is 0 Å². The number of rotatable bonds is 10. The van der Waals surface area contributed by atoms with Crippen molar-refractivity contribution in [2.75, 3.05) is 45.0 Å². The van der Waals surface area contributed by atoms with Gasteiger partial charge in [-0.2, -0.15) is 9.29 Å². The molecular weight excluding hydrogens is 574 g/mol. The lowest BCUT2D eigenvalue weighted by molar-refractivity contribution is -0.121. The number of anilines is 1. The van der Waals surface area contributed by atoms with E-state index in [4.69, 9.17) is 14.2 Å². The van der Waals surface area contributed by atoms with Gasteiger partial charge in [-0.25, -0.2) is 18.4 Å². The lowest BCUT2D eigenvalue weighted by atomic mass is 10.1. The second kappa shape index (κ2) is 12.3. The molecule has 0 spiro atoms. The highest BCUT2D eigenvalue weighted by molar-refractivity contribution is 7.89. The molecule has 4 aromatic rings. The summed E-state index contributed by atoms with van der Waals surface area (Å²) in [5, 5.41) is 2.95. The van der Waals surface area contributed by atoms with Crippen LogP contribution in [0.5, 0.6) is 17.2 Å². The zero-order valence-corrected chi connectivity index (χ0v) is 24.3. The summed E-state index contributed by atoms with van der Waals surface area (Å²) in [4.78, 5) is 28.3. The number of sulfonamides is 1. The smallest absolute Gasteiger partial charge is 0.243 e. The van der Waals surface area contributed by atoms with Gasteiger partial charge >= 0.3 is 0 Å². The molecule has 2 aliphatic rings. The van der Waals surface area contributed by atoms with Crippen LogP contribution in [0.2, 0.25) is 0 Å². The van der Waals surface area contributed by atoms with Gasteiger partial charge in [0.05, 0.1) is 18.0 Å². The van der Waals surface area contributed by atoms with Crippen LogP contribution < -0.4 is 24.4 Å². The van der Waals surface area contributed by atoms with Crippen LogP contribution in [0.1, 0.15) is 12.0 Å². The molecule has 0 radical (unpaired) electrons. The van der Waals surface area contributed by atoms with Crippen molar-refractivity contribution < 1.29 is 27.4 Å². The Bertz CT molecular complexity index is 1680. The summed E-state index contributed by atoms with van der Waals surface area (Å²) in [5.41, 5.74) is 0.995. The van der Waals surface area contributed by atoms with Gasteiger partial charge in [0.25, 0.3) is 0 Å². The van der Waals surface area contributed by atoms with E-state index in [-0.39, 0.29) is 37.1 Å². The molecule has 4 heterocycles. The molecule has 0 saturated carbocycles. The molecule has 1 amide bonds. The number of benzene rings is 2. The van der Waals surface area contributed by atoms with E-state index in [0.29, 0.717) is 48.5 Å². The second-order valence-electron chi connectivity index (χ2n) is 10.1. The highest BCUT2D eigenvalue weighted by Crippen LogP contribution is 2.32. The van der Waals surface area contributed by atoms with Crippen molar-refractivity contribution in [3.8, 4) is 23.2 Å². The number of methoxy groups -OCH3 is 1. The third kappa shape index (κ3) is 6.24. The molecule has 43 heavy (non-hydrogen) atoms. The zero-order valence-electron chi connectivity index (χ0n) is 23.5. The summed E-state index contributed by atoms with van der Waals surface area (Å²) in [6, 6.07) is 13.1. The SMILES string of the molecule is COc1ccc(S(=O)(=O)N2CCN(c3ccnc(-n4ccnc4)n3)CC2CC(=O)NCCc2ccc3c(c2)OCO3)cc1. The number of aromatic nitrogens is 4. The van der Waals surface area contributed by atoms with Crippen molar-refractivity contribution in [3.63, 3.8) is 0 Å². The molecule has 1 N–H and O–H groups in total. The molecule has 1 atom stereocenters. The zero-order chi connectivity index (χ0) is 29.8. The van der Waals surface area contributed by atoms with E-state index in [1.54, 1.807) is 47.7 Å². The number of fused-ring (bicyclic) bond motifs is 1. The Balaban J connectivity index is 1.18. The van der Waals surface area contributed by atoms with Crippen LogP contribution in [-0.4, -0.2) is 84.3 Å². The van der Waals surface area contributed by atoms with Gasteiger partial charge < -0.3 is 24.4 Å². The molecule has 1 saturated heterocycles. The van der Waals surface area contributed by atoms with E-state index in [9.17, 15) is 13.2 Å². The Morgan fingerprint density at radius 3 is 2.70 bits per heavy atom. The van der Waals surface area contributed by atoms with E-state index >= 15 is 0 Å². The lowest BCUT2D eigenvalue weighted by Gasteiger charge is -2.40. The van der Waals surface area contributed by atoms with Gasteiger partial charge in [-0.3, -0.25) is 9.36 Å². The predicted octanol–water partition coefficient (Wildman–Crippen LogP) is 2.03. The molecule has 14 heteroatoms. The average molecular weight is 606 g/mol. The first-order valence-electron chi connectivity index (χ1n) is 13.8. The number of carbonyl (C=O) groups excluding carboxylic acids is 1. The maximum atomic E-state index is 13.8. The molecule has 2 aromatic heterocycles. The summed E-state index contributed by atoms with van der Waals surface area (Å²) >= 11 is 0. The monoisotopic (exact) mass is 605 g/mol. The normalized spacial score (nSPS) is 16.7. The van der Waals surface area contributed by atoms with Crippen molar-refractivity contribution in [1.82, 2.24) is 29.1 Å². The fourth-order valence-corrected chi connectivity index (χ4v) is 6.77. The van der Waals surface area contributed by atoms with Crippen molar-refractivity contribution in [1.29, 1.82) is 0 Å². The van der Waals surface area contributed by atoms with Crippen molar-refractivity contribution in [2.24, 2.45) is 0 Å². The van der Waals surface area contributed by atoms with Gasteiger partial charge in [-0.05, 0) is 54.4 Å². The molecule has 13 nitrogen and oxygen atoms in total. The standard InChI is InChI=1S/C29H31N7O6S/c1-40-23-3-5-24(6-4-23)43(38,39)36-15-14-34(27-9-11-32-29(33-27)35-13-12-30-19-35)18-22(36)17-28(37)31-10-8-21-2-7-25-26(16-21)42-20-41-25/h2-7,9,11-13,16,19,22H,8,10,14-15,17-18,20H2,1H3,(H,31,37). The number of piperazine rings is 1. The van der Waals surface area contributed by atoms with Crippen LogP contribution in [0.15, 0.2) is 78.3 Å². The Morgan fingerprint density at radius 1 is 1.07 bits per heavy atom. The van der Waals surface area contributed by atoms with Crippen LogP contribution in [0.4, 0.5) is 5.82 Å². The summed E-state index contributed by atoms with van der Waals surface area (Å²) in [7, 11) is -2.38. The summed E-state index contributed by atoms with van der Waals surface area (Å²) < 4.78 is 46.7. The van der Waals surface area contributed by atoms with Crippen LogP contribution >= 0.6 is 0 Å². The number of hydrogen-bond acceptors (Lipinski definition) is 10. The first-order valence-corrected chi connectivity index (χ1v) is 15.2. The summed E-state index contributed by atoms with van der Waals surface area (Å²) in [5.74, 6) is 2.78. The van der Waals surface area contributed by atoms with Gasteiger partial charge in [0, 0.05) is 51.2 Å². The minimum atomic E-state index is -3.90. The van der Waals surface area contributed by atoms with Gasteiger partial charge in [0.15, 0.2) is 11.5 Å². The highest BCUT2D eigenvalue weighted by atomic mass is 32.2. The van der Waals surface area contributed by atoms with Gasteiger partial charge in [0.2, 0.25) is 28.7 Å². The maximum absolute atomic E-state index is 13.8. The maximum Gasteiger partial charge on any atom is 0.243 e. The van der Waals surface area contributed by atoms with Gasteiger partial charge in [0.1, 0.15) is 17.9 Å². The molecule has 0 bridgehead atoms. The molecule has 0 aliphatic carbocycles. The number of ether oxygens (including phenoxy) is 3. The van der Waals surface area contributed by atoms with E-state index < -0.39 is 16.1 Å². The molecule has 224 valence electrons. The minimum Gasteiger partial charge on any atom is -0.497 e. The van der Waals surface area contributed by atoms with Crippen LogP contribution in [0, 0.1) is 0 Å². The number of nitrogens with zero attached hydrogens (tertiary/aromatic N) is 6. The topological polar surface area (TPSA) is 141 Å². The fraction of sp³-hybridized carbons (Fsp3) is 0.310. The third-order valence-electron chi connectivity index (χ3n) is 7.38. The Labute approximate surface area is 249 Å². The number of imidazole rings is 1. The number of hydrogen-bond donors (Lipinski definition) is 1. The lowest BCUT2D eigenvalue weighted by Crippen LogP contribution is -2.56. The number of nitrogens with one attached hydrogen (secondary N) is 1. The third-order valence-corrected chi connectivity index (χ3v) is 9.34. The molecule has 1 unspecified atom stereocenters. The Morgan fingerprint density at radius 2 is 1.91 bits per heavy atom. The van der Waals surface area contributed by atoms with Crippen LogP contribution in [-0.2, 0) is 21.2 Å². The molecule has 1 fully saturated rings. The molecular formula is C29H31N7O6S. The largest absolute Gasteiger partial charge is 0.497 e. The summed E-state index contributed by atoms with van der Waals surface area (Å²) in [6.45, 7) is 1.42. The molecule has 2 aliphatic heterocycles. The van der Waals surface area contributed by atoms with Gasteiger partial charge in [-0.15, -0.1) is 0 Å². The predicted molar refractivity (Wildman–Crippen MR) is 156 cm³/mol. The fourth-order valence-electron chi connectivity index (χ4n) is 5.16. The number of carbonyl (C=O) groups is 1. The van der Waals surface area contributed by atoms with E-state index in [1.165, 1.54) is 23.5 Å². The molecule has 6 rings (SSSR count). The summed E-state index contributed by atoms with van der Waals surface area (Å²) in [6.07, 6.45) is 7.21. The molecule has 2 aromatic carbocycles. The number of amides is 1. The highest BCUT2D eigenvalue weighted by Gasteiger charge is 2.37. The van der Waals surface area contributed by atoms with Crippen LogP contribution in [0.25, 0.3) is 5.95 Å². The van der Waals surface area contributed by atoms with Crippen molar-refractivity contribution in [2.45, 2.75) is 23.8 Å². The Hall–Kier alpha value is -4.69. The van der Waals surface area contributed by atoms with Crippen molar-refractivity contribution >= 4 is 21.7 Å². The van der Waals surface area contributed by atoms with Crippen molar-refractivity contribution in [3.05, 3.63) is 79.0 Å². The average Bonchev–Trinajstić information content (AvgIpc) is 3.74.